The zero-order chi connectivity index (χ0) is 12.8. The molecule has 2 fully saturated rings. The minimum absolute atomic E-state index is 0.0501. The van der Waals surface area contributed by atoms with Crippen LogP contribution < -0.4 is 0 Å². The van der Waals surface area contributed by atoms with Gasteiger partial charge in [0.15, 0.2) is 0 Å². The van der Waals surface area contributed by atoms with Crippen molar-refractivity contribution in [1.29, 1.82) is 5.26 Å². The number of halogens is 2. The minimum atomic E-state index is -0.575. The molecule has 3 rings (SSSR count). The largest absolute Gasteiger partial charge is 0.373 e. The summed E-state index contributed by atoms with van der Waals surface area (Å²) < 4.78 is 19.5. The number of nitriles is 1. The number of hydrogen-bond acceptors (Lipinski definition) is 2. The molecule has 0 saturated carbocycles. The van der Waals surface area contributed by atoms with E-state index in [1.165, 1.54) is 12.1 Å². The summed E-state index contributed by atoms with van der Waals surface area (Å²) in [6.07, 6.45) is 3.15. The van der Waals surface area contributed by atoms with Crippen molar-refractivity contribution >= 4 is 11.6 Å². The summed E-state index contributed by atoms with van der Waals surface area (Å²) in [6.45, 7) is 0. The summed E-state index contributed by atoms with van der Waals surface area (Å²) in [5.41, 5.74) is -0.0609. The zero-order valence-electron chi connectivity index (χ0n) is 9.83. The Balaban J connectivity index is 1.91. The van der Waals surface area contributed by atoms with Gasteiger partial charge in [-0.25, -0.2) is 4.39 Å². The molecule has 2 aliphatic rings. The van der Waals surface area contributed by atoms with Crippen LogP contribution in [-0.2, 0) is 11.2 Å². The molecule has 4 heteroatoms. The van der Waals surface area contributed by atoms with Crippen LogP contribution >= 0.6 is 11.6 Å². The van der Waals surface area contributed by atoms with Gasteiger partial charge >= 0.3 is 0 Å². The lowest BCUT2D eigenvalue weighted by molar-refractivity contribution is 0.0785. The Kier molecular flexibility index (Phi) is 2.80. The van der Waals surface area contributed by atoms with E-state index < -0.39 is 5.41 Å². The topological polar surface area (TPSA) is 33.0 Å². The first-order chi connectivity index (χ1) is 8.63. The van der Waals surface area contributed by atoms with Gasteiger partial charge in [0.25, 0.3) is 0 Å². The first kappa shape index (κ1) is 12.0. The Labute approximate surface area is 110 Å². The van der Waals surface area contributed by atoms with Crippen LogP contribution in [0.2, 0.25) is 5.02 Å². The summed E-state index contributed by atoms with van der Waals surface area (Å²) in [6, 6.07) is 6.86. The average Bonchev–Trinajstić information content (AvgIpc) is 2.94. The third-order valence-electron chi connectivity index (χ3n) is 4.05. The van der Waals surface area contributed by atoms with Gasteiger partial charge < -0.3 is 4.74 Å². The van der Waals surface area contributed by atoms with E-state index >= 15 is 0 Å². The molecule has 18 heavy (non-hydrogen) atoms. The van der Waals surface area contributed by atoms with E-state index in [1.807, 2.05) is 0 Å². The monoisotopic (exact) mass is 265 g/mol. The van der Waals surface area contributed by atoms with Crippen LogP contribution in [0.3, 0.4) is 0 Å². The van der Waals surface area contributed by atoms with Crippen LogP contribution in [0.5, 0.6) is 0 Å². The fourth-order valence-electron chi connectivity index (χ4n) is 3.16. The number of nitrogens with zero attached hydrogens (tertiary/aromatic N) is 1. The highest BCUT2D eigenvalue weighted by atomic mass is 35.5. The lowest BCUT2D eigenvalue weighted by atomic mass is 9.71. The van der Waals surface area contributed by atoms with Crippen molar-refractivity contribution < 1.29 is 9.13 Å². The van der Waals surface area contributed by atoms with Crippen LogP contribution in [0.15, 0.2) is 18.2 Å². The van der Waals surface area contributed by atoms with Crippen LogP contribution in [0.25, 0.3) is 0 Å². The van der Waals surface area contributed by atoms with Gasteiger partial charge in [-0.1, -0.05) is 11.6 Å². The molecule has 0 aliphatic carbocycles. The number of hydrogen-bond donors (Lipinski definition) is 0. The van der Waals surface area contributed by atoms with Gasteiger partial charge in [-0.05, 0) is 49.4 Å². The smallest absolute Gasteiger partial charge is 0.126 e. The molecule has 3 unspecified atom stereocenters. The van der Waals surface area contributed by atoms with Crippen molar-refractivity contribution in [1.82, 2.24) is 0 Å². The molecule has 2 nitrogen and oxygen atoms in total. The molecular weight excluding hydrogens is 253 g/mol. The van der Waals surface area contributed by atoms with Crippen LogP contribution in [0.4, 0.5) is 4.39 Å². The van der Waals surface area contributed by atoms with Crippen molar-refractivity contribution in [2.24, 2.45) is 5.41 Å². The molecular formula is C14H13ClFNO. The highest BCUT2D eigenvalue weighted by molar-refractivity contribution is 6.30. The molecule has 94 valence electrons. The second-order valence-corrected chi connectivity index (χ2v) is 5.65. The first-order valence-electron chi connectivity index (χ1n) is 6.14. The quantitative estimate of drug-likeness (QED) is 0.820. The second-order valence-electron chi connectivity index (χ2n) is 5.21. The maximum atomic E-state index is 13.8. The first-order valence-corrected chi connectivity index (χ1v) is 6.51. The number of benzene rings is 1. The maximum absolute atomic E-state index is 13.8. The fraction of sp³-hybridized carbons (Fsp3) is 0.500. The lowest BCUT2D eigenvalue weighted by Gasteiger charge is -2.28. The van der Waals surface area contributed by atoms with Gasteiger partial charge in [-0.2, -0.15) is 5.26 Å². The Hall–Kier alpha value is -1.11. The number of ether oxygens (including phenoxy) is 1. The van der Waals surface area contributed by atoms with Crippen molar-refractivity contribution in [2.45, 2.75) is 37.9 Å². The molecule has 2 bridgehead atoms. The maximum Gasteiger partial charge on any atom is 0.126 e. The standard InChI is InChI=1S/C14H13ClFNO/c15-10-1-3-12(16)9(5-10)6-14(8-17)7-11-2-4-13(14)18-11/h1,3,5,11,13H,2,4,6-7H2. The van der Waals surface area contributed by atoms with E-state index in [9.17, 15) is 9.65 Å². The summed E-state index contributed by atoms with van der Waals surface area (Å²) in [5, 5.41) is 9.98. The molecule has 2 heterocycles. The zero-order valence-corrected chi connectivity index (χ0v) is 10.6. The van der Waals surface area contributed by atoms with E-state index in [0.717, 1.165) is 12.8 Å². The molecule has 2 aliphatic heterocycles. The summed E-state index contributed by atoms with van der Waals surface area (Å²) in [7, 11) is 0. The van der Waals surface area contributed by atoms with Gasteiger partial charge in [-0.3, -0.25) is 0 Å². The predicted molar refractivity (Wildman–Crippen MR) is 65.7 cm³/mol. The van der Waals surface area contributed by atoms with E-state index in [0.29, 0.717) is 23.4 Å². The summed E-state index contributed by atoms with van der Waals surface area (Å²) in [5.74, 6) is -0.295. The Bertz CT molecular complexity index is 527. The van der Waals surface area contributed by atoms with Gasteiger partial charge in [0, 0.05) is 5.02 Å². The third kappa shape index (κ3) is 1.81. The lowest BCUT2D eigenvalue weighted by Crippen LogP contribution is -2.33. The Morgan fingerprint density at radius 3 is 2.94 bits per heavy atom. The van der Waals surface area contributed by atoms with Gasteiger partial charge in [0.1, 0.15) is 5.82 Å². The number of fused-ring (bicyclic) bond motifs is 2. The molecule has 0 spiro atoms. The van der Waals surface area contributed by atoms with Crippen LogP contribution in [0.1, 0.15) is 24.8 Å². The second kappa shape index (κ2) is 4.22. The van der Waals surface area contributed by atoms with Crippen LogP contribution in [-0.4, -0.2) is 12.2 Å². The van der Waals surface area contributed by atoms with Crippen LogP contribution in [0, 0.1) is 22.6 Å². The fourth-order valence-corrected chi connectivity index (χ4v) is 3.36. The van der Waals surface area contributed by atoms with Crippen molar-refractivity contribution in [3.8, 4) is 6.07 Å². The van der Waals surface area contributed by atoms with E-state index in [2.05, 4.69) is 6.07 Å². The molecule has 2 saturated heterocycles. The van der Waals surface area contributed by atoms with Gasteiger partial charge in [0.05, 0.1) is 23.7 Å². The molecule has 0 N–H and O–H groups in total. The molecule has 1 aromatic rings. The highest BCUT2D eigenvalue weighted by Crippen LogP contribution is 2.49. The summed E-state index contributed by atoms with van der Waals surface area (Å²) >= 11 is 5.89. The van der Waals surface area contributed by atoms with E-state index in [4.69, 9.17) is 16.3 Å². The van der Waals surface area contributed by atoms with Gasteiger partial charge in [-0.15, -0.1) is 0 Å². The molecule has 0 aromatic heterocycles. The van der Waals surface area contributed by atoms with E-state index in [-0.39, 0.29) is 18.0 Å². The normalized spacial score (nSPS) is 33.6. The SMILES string of the molecule is N#CC1(Cc2cc(Cl)ccc2F)CC2CCC1O2. The highest BCUT2D eigenvalue weighted by Gasteiger charge is 2.53. The molecule has 0 radical (unpaired) electrons. The molecule has 1 aromatic carbocycles. The Morgan fingerprint density at radius 1 is 1.50 bits per heavy atom. The van der Waals surface area contributed by atoms with Crippen molar-refractivity contribution in [2.75, 3.05) is 0 Å². The average molecular weight is 266 g/mol. The van der Waals surface area contributed by atoms with E-state index in [1.54, 1.807) is 6.07 Å². The van der Waals surface area contributed by atoms with Crippen molar-refractivity contribution in [3.63, 3.8) is 0 Å². The molecule has 0 amide bonds. The van der Waals surface area contributed by atoms with Crippen molar-refractivity contribution in [3.05, 3.63) is 34.6 Å². The Morgan fingerprint density at radius 2 is 2.33 bits per heavy atom. The predicted octanol–water partition coefficient (Wildman–Crippen LogP) is 3.48. The number of rotatable bonds is 2. The molecule has 3 atom stereocenters. The van der Waals surface area contributed by atoms with Gasteiger partial charge in [0.2, 0.25) is 0 Å². The summed E-state index contributed by atoms with van der Waals surface area (Å²) in [4.78, 5) is 0. The third-order valence-corrected chi connectivity index (χ3v) is 4.29. The minimum Gasteiger partial charge on any atom is -0.373 e.